The van der Waals surface area contributed by atoms with Crippen LogP contribution < -0.4 is 16.4 Å². The molecule has 2 rings (SSSR count). The van der Waals surface area contributed by atoms with E-state index in [-0.39, 0.29) is 17.4 Å². The third-order valence-electron chi connectivity index (χ3n) is 3.44. The lowest BCUT2D eigenvalue weighted by Gasteiger charge is -2.34. The summed E-state index contributed by atoms with van der Waals surface area (Å²) in [5, 5.41) is 9.22. The van der Waals surface area contributed by atoms with Gasteiger partial charge >= 0.3 is 5.97 Å². The molecule has 1 atom stereocenters. The SMILES string of the molecule is NC(=O)C1CCCN(c2c(N)cccc2C(=O)O)C1. The highest BCUT2D eigenvalue weighted by Gasteiger charge is 2.27. The van der Waals surface area contributed by atoms with Crippen molar-refractivity contribution in [1.82, 2.24) is 0 Å². The van der Waals surface area contributed by atoms with Gasteiger partial charge in [0.05, 0.1) is 22.9 Å². The number of piperidine rings is 1. The molecule has 6 nitrogen and oxygen atoms in total. The van der Waals surface area contributed by atoms with Crippen molar-refractivity contribution in [2.24, 2.45) is 11.7 Å². The molecule has 0 saturated carbocycles. The minimum absolute atomic E-state index is 0.158. The summed E-state index contributed by atoms with van der Waals surface area (Å²) in [6.07, 6.45) is 1.53. The van der Waals surface area contributed by atoms with Gasteiger partial charge in [-0.15, -0.1) is 0 Å². The van der Waals surface area contributed by atoms with Crippen LogP contribution in [0.3, 0.4) is 0 Å². The molecule has 1 heterocycles. The third kappa shape index (κ3) is 2.62. The van der Waals surface area contributed by atoms with Crippen molar-refractivity contribution < 1.29 is 14.7 Å². The van der Waals surface area contributed by atoms with Gasteiger partial charge in [0.2, 0.25) is 5.91 Å². The van der Waals surface area contributed by atoms with E-state index in [0.717, 1.165) is 12.8 Å². The van der Waals surface area contributed by atoms with Crippen LogP contribution in [0.2, 0.25) is 0 Å². The lowest BCUT2D eigenvalue weighted by atomic mass is 9.96. The number of hydrogen-bond acceptors (Lipinski definition) is 4. The Morgan fingerprint density at radius 2 is 2.11 bits per heavy atom. The van der Waals surface area contributed by atoms with Crippen molar-refractivity contribution in [2.75, 3.05) is 23.7 Å². The Labute approximate surface area is 111 Å². The van der Waals surface area contributed by atoms with Crippen LogP contribution in [0.25, 0.3) is 0 Å². The smallest absolute Gasteiger partial charge is 0.337 e. The summed E-state index contributed by atoms with van der Waals surface area (Å²) in [7, 11) is 0. The van der Waals surface area contributed by atoms with E-state index in [0.29, 0.717) is 24.5 Å². The van der Waals surface area contributed by atoms with Crippen LogP contribution in [0.4, 0.5) is 11.4 Å². The summed E-state index contributed by atoms with van der Waals surface area (Å²) in [6, 6.07) is 4.79. The fourth-order valence-corrected chi connectivity index (χ4v) is 2.50. The second-order valence-corrected chi connectivity index (χ2v) is 4.74. The Balaban J connectivity index is 2.35. The molecule has 1 amide bonds. The van der Waals surface area contributed by atoms with Crippen molar-refractivity contribution in [2.45, 2.75) is 12.8 Å². The van der Waals surface area contributed by atoms with Gasteiger partial charge in [-0.25, -0.2) is 4.79 Å². The molecule has 1 aliphatic heterocycles. The lowest BCUT2D eigenvalue weighted by Crippen LogP contribution is -2.42. The summed E-state index contributed by atoms with van der Waals surface area (Å²) in [5.41, 5.74) is 12.3. The molecule has 6 heteroatoms. The lowest BCUT2D eigenvalue weighted by molar-refractivity contribution is -0.122. The van der Waals surface area contributed by atoms with Gasteiger partial charge in [-0.2, -0.15) is 0 Å². The largest absolute Gasteiger partial charge is 0.478 e. The number of nitrogen functional groups attached to an aromatic ring is 1. The molecule has 1 unspecified atom stereocenters. The number of para-hydroxylation sites is 1. The average molecular weight is 263 g/mol. The second-order valence-electron chi connectivity index (χ2n) is 4.74. The number of nitrogens with zero attached hydrogens (tertiary/aromatic N) is 1. The number of carbonyl (C=O) groups is 2. The number of primary amides is 1. The summed E-state index contributed by atoms with van der Waals surface area (Å²) in [5.74, 6) is -1.63. The minimum Gasteiger partial charge on any atom is -0.478 e. The van der Waals surface area contributed by atoms with Gasteiger partial charge in [0, 0.05) is 13.1 Å². The summed E-state index contributed by atoms with van der Waals surface area (Å²) >= 11 is 0. The highest BCUT2D eigenvalue weighted by atomic mass is 16.4. The zero-order chi connectivity index (χ0) is 14.0. The summed E-state index contributed by atoms with van der Waals surface area (Å²) in [4.78, 5) is 24.4. The van der Waals surface area contributed by atoms with Crippen LogP contribution in [0.5, 0.6) is 0 Å². The molecule has 1 aromatic rings. The molecular formula is C13H17N3O3. The van der Waals surface area contributed by atoms with Crippen LogP contribution in [0, 0.1) is 5.92 Å². The highest BCUT2D eigenvalue weighted by molar-refractivity contribution is 5.98. The molecule has 5 N–H and O–H groups in total. The normalized spacial score (nSPS) is 19.2. The van der Waals surface area contributed by atoms with E-state index in [1.807, 2.05) is 4.90 Å². The van der Waals surface area contributed by atoms with Crippen molar-refractivity contribution in [3.8, 4) is 0 Å². The van der Waals surface area contributed by atoms with Gasteiger partial charge in [-0.05, 0) is 25.0 Å². The van der Waals surface area contributed by atoms with Crippen molar-refractivity contribution in [3.63, 3.8) is 0 Å². The predicted molar refractivity (Wildman–Crippen MR) is 71.9 cm³/mol. The zero-order valence-corrected chi connectivity index (χ0v) is 10.5. The maximum atomic E-state index is 11.3. The third-order valence-corrected chi connectivity index (χ3v) is 3.44. The summed E-state index contributed by atoms with van der Waals surface area (Å²) < 4.78 is 0. The Morgan fingerprint density at radius 1 is 1.37 bits per heavy atom. The molecule has 0 bridgehead atoms. The topological polar surface area (TPSA) is 110 Å². The Morgan fingerprint density at radius 3 is 2.74 bits per heavy atom. The summed E-state index contributed by atoms with van der Waals surface area (Å²) in [6.45, 7) is 1.10. The van der Waals surface area contributed by atoms with Gasteiger partial charge in [0.1, 0.15) is 0 Å². The van der Waals surface area contributed by atoms with Gasteiger partial charge in [0.25, 0.3) is 0 Å². The highest BCUT2D eigenvalue weighted by Crippen LogP contribution is 2.31. The molecule has 1 aromatic carbocycles. The van der Waals surface area contributed by atoms with E-state index >= 15 is 0 Å². The van der Waals surface area contributed by atoms with Crippen molar-refractivity contribution >= 4 is 23.3 Å². The van der Waals surface area contributed by atoms with E-state index in [9.17, 15) is 14.7 Å². The van der Waals surface area contributed by atoms with E-state index in [2.05, 4.69) is 0 Å². The number of carboxylic acid groups (broad SMARTS) is 1. The molecule has 0 radical (unpaired) electrons. The maximum absolute atomic E-state index is 11.3. The standard InChI is InChI=1S/C13H17N3O3/c14-10-5-1-4-9(13(18)19)11(10)16-6-2-3-8(7-16)12(15)17/h1,4-5,8H,2-3,6-7,14H2,(H2,15,17)(H,18,19). The monoisotopic (exact) mass is 263 g/mol. The molecule has 19 heavy (non-hydrogen) atoms. The first-order chi connectivity index (χ1) is 9.00. The Hall–Kier alpha value is -2.24. The molecule has 0 aliphatic carbocycles. The molecule has 0 spiro atoms. The van der Waals surface area contributed by atoms with Gasteiger partial charge in [-0.1, -0.05) is 6.07 Å². The maximum Gasteiger partial charge on any atom is 0.337 e. The number of benzene rings is 1. The van der Waals surface area contributed by atoms with Crippen molar-refractivity contribution in [1.29, 1.82) is 0 Å². The number of carbonyl (C=O) groups excluding carboxylic acids is 1. The number of anilines is 2. The first kappa shape index (κ1) is 13.2. The quantitative estimate of drug-likeness (QED) is 0.694. The number of nitrogens with two attached hydrogens (primary N) is 2. The van der Waals surface area contributed by atoms with Gasteiger partial charge in [0.15, 0.2) is 0 Å². The number of rotatable bonds is 3. The molecule has 102 valence electrons. The number of amides is 1. The molecule has 1 saturated heterocycles. The molecular weight excluding hydrogens is 246 g/mol. The zero-order valence-electron chi connectivity index (χ0n) is 10.5. The van der Waals surface area contributed by atoms with Gasteiger partial charge < -0.3 is 21.5 Å². The number of carboxylic acids is 1. The first-order valence-electron chi connectivity index (χ1n) is 6.16. The average Bonchev–Trinajstić information content (AvgIpc) is 2.38. The fraction of sp³-hybridized carbons (Fsp3) is 0.385. The van der Waals surface area contributed by atoms with Crippen LogP contribution in [0.15, 0.2) is 18.2 Å². The molecule has 1 aliphatic rings. The van der Waals surface area contributed by atoms with Crippen molar-refractivity contribution in [3.05, 3.63) is 23.8 Å². The van der Waals surface area contributed by atoms with Crippen LogP contribution in [-0.4, -0.2) is 30.1 Å². The predicted octanol–water partition coefficient (Wildman–Crippen LogP) is 0.669. The fourth-order valence-electron chi connectivity index (χ4n) is 2.50. The van der Waals surface area contributed by atoms with E-state index in [1.54, 1.807) is 12.1 Å². The number of hydrogen-bond donors (Lipinski definition) is 3. The van der Waals surface area contributed by atoms with Crippen LogP contribution in [-0.2, 0) is 4.79 Å². The van der Waals surface area contributed by atoms with Crippen LogP contribution >= 0.6 is 0 Å². The molecule has 1 fully saturated rings. The van der Waals surface area contributed by atoms with Crippen LogP contribution in [0.1, 0.15) is 23.2 Å². The van der Waals surface area contributed by atoms with E-state index in [1.165, 1.54) is 6.07 Å². The minimum atomic E-state index is -1.02. The number of aromatic carboxylic acids is 1. The molecule has 0 aromatic heterocycles. The van der Waals surface area contributed by atoms with E-state index < -0.39 is 5.97 Å². The van der Waals surface area contributed by atoms with E-state index in [4.69, 9.17) is 11.5 Å². The Kier molecular flexibility index (Phi) is 3.59. The first-order valence-corrected chi connectivity index (χ1v) is 6.16. The van der Waals surface area contributed by atoms with Gasteiger partial charge in [-0.3, -0.25) is 4.79 Å². The second kappa shape index (κ2) is 5.17. The Bertz CT molecular complexity index is 516.